The average molecular weight is 265 g/mol. The van der Waals surface area contributed by atoms with Gasteiger partial charge in [0, 0.05) is 6.54 Å². The van der Waals surface area contributed by atoms with Gasteiger partial charge >= 0.3 is 6.03 Å². The fourth-order valence-corrected chi connectivity index (χ4v) is 3.57. The molecule has 1 unspecified atom stereocenters. The molecule has 1 N–H and O–H groups in total. The van der Waals surface area contributed by atoms with Crippen LogP contribution < -0.4 is 5.32 Å². The normalized spacial score (nSPS) is 31.3. The lowest BCUT2D eigenvalue weighted by molar-refractivity contribution is -0.152. The Morgan fingerprint density at radius 3 is 2.47 bits per heavy atom. The Bertz CT molecular complexity index is 442. The highest BCUT2D eigenvalue weighted by Crippen LogP contribution is 2.42. The SMILES string of the molecule is CN1CCC(N2C(=O)NC(=O)C3(CCCC3)C2=O)C1. The quantitative estimate of drug-likeness (QED) is 0.694. The van der Waals surface area contributed by atoms with Crippen molar-refractivity contribution in [2.75, 3.05) is 20.1 Å². The number of nitrogens with zero attached hydrogens (tertiary/aromatic N) is 2. The summed E-state index contributed by atoms with van der Waals surface area (Å²) in [5, 5.41) is 2.39. The van der Waals surface area contributed by atoms with Gasteiger partial charge in [-0.3, -0.25) is 19.8 Å². The minimum atomic E-state index is -0.963. The van der Waals surface area contributed by atoms with Crippen molar-refractivity contribution in [1.82, 2.24) is 15.1 Å². The molecule has 0 aromatic rings. The highest BCUT2D eigenvalue weighted by atomic mass is 16.2. The first-order chi connectivity index (χ1) is 9.04. The molecule has 1 spiro atoms. The zero-order chi connectivity index (χ0) is 13.6. The smallest absolute Gasteiger partial charge is 0.304 e. The van der Waals surface area contributed by atoms with Crippen LogP contribution in [0.2, 0.25) is 0 Å². The van der Waals surface area contributed by atoms with Crippen molar-refractivity contribution < 1.29 is 14.4 Å². The van der Waals surface area contributed by atoms with E-state index in [1.807, 2.05) is 7.05 Å². The van der Waals surface area contributed by atoms with E-state index in [0.29, 0.717) is 19.4 Å². The van der Waals surface area contributed by atoms with Gasteiger partial charge in [0.05, 0.1) is 6.04 Å². The van der Waals surface area contributed by atoms with E-state index in [0.717, 1.165) is 25.8 Å². The highest BCUT2D eigenvalue weighted by molar-refractivity contribution is 6.19. The van der Waals surface area contributed by atoms with Crippen molar-refractivity contribution in [3.63, 3.8) is 0 Å². The molecule has 0 bridgehead atoms. The zero-order valence-corrected chi connectivity index (χ0v) is 11.1. The standard InChI is InChI=1S/C13H19N3O3/c1-15-7-4-9(8-15)16-11(18)13(5-2-3-6-13)10(17)14-12(16)19/h9H,2-8H2,1H3,(H,14,17,19). The van der Waals surface area contributed by atoms with Crippen LogP contribution in [0.1, 0.15) is 32.1 Å². The molecule has 19 heavy (non-hydrogen) atoms. The van der Waals surface area contributed by atoms with Crippen LogP contribution in [0, 0.1) is 5.41 Å². The molecule has 1 saturated carbocycles. The Labute approximate surface area is 112 Å². The summed E-state index contributed by atoms with van der Waals surface area (Å²) < 4.78 is 0. The molecule has 1 atom stereocenters. The van der Waals surface area contributed by atoms with Gasteiger partial charge in [-0.05, 0) is 32.9 Å². The summed E-state index contributed by atoms with van der Waals surface area (Å²) in [6.07, 6.45) is 3.70. The number of imide groups is 2. The summed E-state index contributed by atoms with van der Waals surface area (Å²) in [7, 11) is 1.98. The van der Waals surface area contributed by atoms with Crippen molar-refractivity contribution in [3.05, 3.63) is 0 Å². The average Bonchev–Trinajstić information content (AvgIpc) is 2.97. The number of likely N-dealkylation sites (tertiary alicyclic amines) is 1. The number of carbonyl (C=O) groups is 3. The number of amides is 4. The first kappa shape index (κ1) is 12.6. The molecule has 0 aromatic carbocycles. The van der Waals surface area contributed by atoms with Crippen LogP contribution in [0.3, 0.4) is 0 Å². The molecule has 3 rings (SSSR count). The minimum Gasteiger partial charge on any atom is -0.304 e. The Hall–Kier alpha value is -1.43. The molecule has 6 heteroatoms. The third-order valence-corrected chi connectivity index (χ3v) is 4.69. The van der Waals surface area contributed by atoms with Gasteiger partial charge in [-0.1, -0.05) is 12.8 Å². The number of urea groups is 1. The summed E-state index contributed by atoms with van der Waals surface area (Å²) in [5.74, 6) is -0.651. The summed E-state index contributed by atoms with van der Waals surface area (Å²) in [4.78, 5) is 40.2. The van der Waals surface area contributed by atoms with Crippen LogP contribution in [0.25, 0.3) is 0 Å². The van der Waals surface area contributed by atoms with E-state index in [-0.39, 0.29) is 17.9 Å². The number of carbonyl (C=O) groups excluding carboxylic acids is 3. The highest BCUT2D eigenvalue weighted by Gasteiger charge is 2.56. The minimum absolute atomic E-state index is 0.0944. The van der Waals surface area contributed by atoms with Crippen LogP contribution in [-0.2, 0) is 9.59 Å². The van der Waals surface area contributed by atoms with Gasteiger partial charge in [0.2, 0.25) is 11.8 Å². The molecular weight excluding hydrogens is 246 g/mol. The van der Waals surface area contributed by atoms with Crippen LogP contribution in [0.4, 0.5) is 4.79 Å². The summed E-state index contributed by atoms with van der Waals surface area (Å²) in [6, 6.07) is -0.629. The second-order valence-corrected chi connectivity index (χ2v) is 5.93. The first-order valence-corrected chi connectivity index (χ1v) is 6.92. The zero-order valence-electron chi connectivity index (χ0n) is 11.1. The third kappa shape index (κ3) is 1.77. The lowest BCUT2D eigenvalue weighted by atomic mass is 9.81. The van der Waals surface area contributed by atoms with E-state index in [9.17, 15) is 14.4 Å². The van der Waals surface area contributed by atoms with E-state index < -0.39 is 11.4 Å². The molecule has 0 radical (unpaired) electrons. The summed E-state index contributed by atoms with van der Waals surface area (Å²) in [6.45, 7) is 1.58. The molecule has 2 aliphatic heterocycles. The maximum Gasteiger partial charge on any atom is 0.331 e. The Kier molecular flexibility index (Phi) is 2.85. The number of hydrogen-bond donors (Lipinski definition) is 1. The predicted molar refractivity (Wildman–Crippen MR) is 67.2 cm³/mol. The van der Waals surface area contributed by atoms with Crippen molar-refractivity contribution in [2.45, 2.75) is 38.1 Å². The molecule has 4 amide bonds. The number of nitrogens with one attached hydrogen (secondary N) is 1. The Morgan fingerprint density at radius 2 is 1.89 bits per heavy atom. The van der Waals surface area contributed by atoms with E-state index in [2.05, 4.69) is 10.2 Å². The van der Waals surface area contributed by atoms with Crippen molar-refractivity contribution in [2.24, 2.45) is 5.41 Å². The molecule has 3 fully saturated rings. The second kappa shape index (κ2) is 4.30. The molecule has 2 heterocycles. The van der Waals surface area contributed by atoms with E-state index in [1.54, 1.807) is 0 Å². The van der Waals surface area contributed by atoms with Gasteiger partial charge in [0.25, 0.3) is 0 Å². The molecule has 1 aliphatic carbocycles. The lowest BCUT2D eigenvalue weighted by Crippen LogP contribution is -2.65. The van der Waals surface area contributed by atoms with Gasteiger partial charge in [0.1, 0.15) is 5.41 Å². The maximum atomic E-state index is 12.7. The molecule has 104 valence electrons. The molecule has 6 nitrogen and oxygen atoms in total. The van der Waals surface area contributed by atoms with Crippen LogP contribution in [0.15, 0.2) is 0 Å². The van der Waals surface area contributed by atoms with E-state index >= 15 is 0 Å². The van der Waals surface area contributed by atoms with Crippen LogP contribution in [0.5, 0.6) is 0 Å². The summed E-state index contributed by atoms with van der Waals surface area (Å²) >= 11 is 0. The molecular formula is C13H19N3O3. The number of hydrogen-bond acceptors (Lipinski definition) is 4. The molecule has 3 aliphatic rings. The van der Waals surface area contributed by atoms with Crippen molar-refractivity contribution in [1.29, 1.82) is 0 Å². The first-order valence-electron chi connectivity index (χ1n) is 6.92. The van der Waals surface area contributed by atoms with Crippen LogP contribution >= 0.6 is 0 Å². The van der Waals surface area contributed by atoms with Gasteiger partial charge < -0.3 is 4.90 Å². The predicted octanol–water partition coefficient (Wildman–Crippen LogP) is 0.329. The van der Waals surface area contributed by atoms with Gasteiger partial charge in [0.15, 0.2) is 0 Å². The monoisotopic (exact) mass is 265 g/mol. The summed E-state index contributed by atoms with van der Waals surface area (Å²) in [5.41, 5.74) is -0.963. The fraction of sp³-hybridized carbons (Fsp3) is 0.769. The van der Waals surface area contributed by atoms with Crippen molar-refractivity contribution >= 4 is 17.8 Å². The molecule has 2 saturated heterocycles. The van der Waals surface area contributed by atoms with Crippen molar-refractivity contribution in [3.8, 4) is 0 Å². The topological polar surface area (TPSA) is 69.7 Å². The van der Waals surface area contributed by atoms with E-state index in [1.165, 1.54) is 4.90 Å². The van der Waals surface area contributed by atoms with Crippen LogP contribution in [-0.4, -0.2) is 53.8 Å². The number of rotatable bonds is 1. The maximum absolute atomic E-state index is 12.7. The van der Waals surface area contributed by atoms with Gasteiger partial charge in [-0.25, -0.2) is 4.79 Å². The Balaban J connectivity index is 1.89. The fourth-order valence-electron chi connectivity index (χ4n) is 3.57. The lowest BCUT2D eigenvalue weighted by Gasteiger charge is -2.39. The second-order valence-electron chi connectivity index (χ2n) is 5.93. The largest absolute Gasteiger partial charge is 0.331 e. The van der Waals surface area contributed by atoms with Gasteiger partial charge in [-0.2, -0.15) is 0 Å². The third-order valence-electron chi connectivity index (χ3n) is 4.69. The molecule has 0 aromatic heterocycles. The van der Waals surface area contributed by atoms with E-state index in [4.69, 9.17) is 0 Å². The van der Waals surface area contributed by atoms with Gasteiger partial charge in [-0.15, -0.1) is 0 Å². The number of barbiturate groups is 1. The Morgan fingerprint density at radius 1 is 1.21 bits per heavy atom. The number of likely N-dealkylation sites (N-methyl/N-ethyl adjacent to an activating group) is 1.